The van der Waals surface area contributed by atoms with Gasteiger partial charge in [0.1, 0.15) is 0 Å². The molecule has 0 atom stereocenters. The van der Waals surface area contributed by atoms with E-state index in [1.807, 2.05) is 7.11 Å². The first-order valence-corrected chi connectivity index (χ1v) is 6.29. The summed E-state index contributed by atoms with van der Waals surface area (Å²) in [7, 11) is 1.84. The standard InChI is InChI=1S/C12H22N2O/c1-15-11-6-10(7-11)14-8-12(9-14)2-4-13-5-3-12/h10-11,13H,2-9H2,1H3. The van der Waals surface area contributed by atoms with Crippen LogP contribution in [0.25, 0.3) is 0 Å². The highest BCUT2D eigenvalue weighted by molar-refractivity contribution is 5.02. The second-order valence-electron chi connectivity index (χ2n) is 5.64. The van der Waals surface area contributed by atoms with E-state index < -0.39 is 0 Å². The van der Waals surface area contributed by atoms with Gasteiger partial charge in [0.2, 0.25) is 0 Å². The van der Waals surface area contributed by atoms with Gasteiger partial charge in [-0.05, 0) is 44.2 Å². The van der Waals surface area contributed by atoms with E-state index in [0.717, 1.165) is 6.04 Å². The molecule has 0 unspecified atom stereocenters. The van der Waals surface area contributed by atoms with Crippen LogP contribution in [0.4, 0.5) is 0 Å². The van der Waals surface area contributed by atoms with Crippen LogP contribution in [0.2, 0.25) is 0 Å². The van der Waals surface area contributed by atoms with E-state index in [9.17, 15) is 0 Å². The Morgan fingerprint density at radius 2 is 1.87 bits per heavy atom. The lowest BCUT2D eigenvalue weighted by Gasteiger charge is -2.58. The molecule has 15 heavy (non-hydrogen) atoms. The average molecular weight is 210 g/mol. The van der Waals surface area contributed by atoms with Gasteiger partial charge >= 0.3 is 0 Å². The lowest BCUT2D eigenvalue weighted by Crippen LogP contribution is -2.65. The van der Waals surface area contributed by atoms with E-state index >= 15 is 0 Å². The molecule has 3 rings (SSSR count). The Bertz CT molecular complexity index is 224. The number of hydrogen-bond donors (Lipinski definition) is 1. The minimum Gasteiger partial charge on any atom is -0.381 e. The van der Waals surface area contributed by atoms with Gasteiger partial charge in [0.15, 0.2) is 0 Å². The van der Waals surface area contributed by atoms with Crippen LogP contribution < -0.4 is 5.32 Å². The quantitative estimate of drug-likeness (QED) is 0.731. The maximum absolute atomic E-state index is 5.34. The first kappa shape index (κ1) is 10.1. The van der Waals surface area contributed by atoms with Crippen LogP contribution in [0.3, 0.4) is 0 Å². The fourth-order valence-corrected chi connectivity index (χ4v) is 3.38. The first-order valence-electron chi connectivity index (χ1n) is 6.29. The van der Waals surface area contributed by atoms with Gasteiger partial charge in [-0.25, -0.2) is 0 Å². The SMILES string of the molecule is COC1CC(N2CC3(CCNCC3)C2)C1. The van der Waals surface area contributed by atoms with Crippen molar-refractivity contribution in [3.05, 3.63) is 0 Å². The first-order chi connectivity index (χ1) is 7.31. The molecule has 2 aliphatic heterocycles. The van der Waals surface area contributed by atoms with Crippen LogP contribution >= 0.6 is 0 Å². The molecule has 0 aromatic rings. The summed E-state index contributed by atoms with van der Waals surface area (Å²) in [6, 6.07) is 0.843. The molecule has 0 bridgehead atoms. The largest absolute Gasteiger partial charge is 0.381 e. The smallest absolute Gasteiger partial charge is 0.0601 e. The Balaban J connectivity index is 1.45. The third kappa shape index (κ3) is 1.71. The zero-order valence-electron chi connectivity index (χ0n) is 9.67. The zero-order chi connectivity index (χ0) is 10.3. The summed E-state index contributed by atoms with van der Waals surface area (Å²) in [6.07, 6.45) is 5.88. The van der Waals surface area contributed by atoms with E-state index in [1.165, 1.54) is 51.9 Å². The molecule has 0 aromatic heterocycles. The van der Waals surface area contributed by atoms with Gasteiger partial charge in [-0.15, -0.1) is 0 Å². The van der Waals surface area contributed by atoms with Gasteiger partial charge in [-0.1, -0.05) is 0 Å². The molecule has 2 heterocycles. The fourth-order valence-electron chi connectivity index (χ4n) is 3.38. The zero-order valence-corrected chi connectivity index (χ0v) is 9.67. The molecule has 86 valence electrons. The van der Waals surface area contributed by atoms with Gasteiger partial charge < -0.3 is 10.1 Å². The summed E-state index contributed by atoms with van der Waals surface area (Å²) < 4.78 is 5.34. The predicted molar refractivity (Wildman–Crippen MR) is 59.9 cm³/mol. The van der Waals surface area contributed by atoms with Crippen molar-refractivity contribution in [2.45, 2.75) is 37.8 Å². The lowest BCUT2D eigenvalue weighted by atomic mass is 9.70. The molecule has 3 fully saturated rings. The highest BCUT2D eigenvalue weighted by Crippen LogP contribution is 2.43. The van der Waals surface area contributed by atoms with Crippen molar-refractivity contribution >= 4 is 0 Å². The topological polar surface area (TPSA) is 24.5 Å². The van der Waals surface area contributed by atoms with Crippen LogP contribution in [-0.2, 0) is 4.74 Å². The van der Waals surface area contributed by atoms with Gasteiger partial charge in [0.25, 0.3) is 0 Å². The van der Waals surface area contributed by atoms with E-state index in [2.05, 4.69) is 10.2 Å². The molecular weight excluding hydrogens is 188 g/mol. The fraction of sp³-hybridized carbons (Fsp3) is 1.00. The van der Waals surface area contributed by atoms with Crippen molar-refractivity contribution < 1.29 is 4.74 Å². The number of methoxy groups -OCH3 is 1. The number of ether oxygens (including phenoxy) is 1. The monoisotopic (exact) mass is 210 g/mol. The number of piperidine rings is 1. The molecule has 3 nitrogen and oxygen atoms in total. The Labute approximate surface area is 92.2 Å². The van der Waals surface area contributed by atoms with Gasteiger partial charge in [-0.3, -0.25) is 4.90 Å². The van der Waals surface area contributed by atoms with Crippen LogP contribution in [-0.4, -0.2) is 50.3 Å². The molecular formula is C12H22N2O. The highest BCUT2D eigenvalue weighted by Gasteiger charge is 2.48. The van der Waals surface area contributed by atoms with Crippen LogP contribution in [0.15, 0.2) is 0 Å². The van der Waals surface area contributed by atoms with Crippen molar-refractivity contribution in [1.29, 1.82) is 0 Å². The summed E-state index contributed by atoms with van der Waals surface area (Å²) in [6.45, 7) is 5.18. The molecule has 1 N–H and O–H groups in total. The summed E-state index contributed by atoms with van der Waals surface area (Å²) in [5.41, 5.74) is 0.698. The Morgan fingerprint density at radius 1 is 1.20 bits per heavy atom. The Hall–Kier alpha value is -0.120. The Kier molecular flexibility index (Phi) is 2.49. The number of nitrogens with one attached hydrogen (secondary N) is 1. The molecule has 2 saturated heterocycles. The molecule has 1 saturated carbocycles. The summed E-state index contributed by atoms with van der Waals surface area (Å²) in [5.74, 6) is 0. The van der Waals surface area contributed by atoms with E-state index in [4.69, 9.17) is 4.74 Å². The number of hydrogen-bond acceptors (Lipinski definition) is 3. The number of nitrogens with zero attached hydrogens (tertiary/aromatic N) is 1. The van der Waals surface area contributed by atoms with Crippen molar-refractivity contribution in [2.75, 3.05) is 33.3 Å². The predicted octanol–water partition coefficient (Wildman–Crippen LogP) is 0.849. The lowest BCUT2D eigenvalue weighted by molar-refractivity contribution is -0.108. The van der Waals surface area contributed by atoms with Crippen molar-refractivity contribution in [2.24, 2.45) is 5.41 Å². The van der Waals surface area contributed by atoms with Crippen LogP contribution in [0.1, 0.15) is 25.7 Å². The molecule has 1 spiro atoms. The highest BCUT2D eigenvalue weighted by atomic mass is 16.5. The molecule has 0 radical (unpaired) electrons. The maximum Gasteiger partial charge on any atom is 0.0601 e. The van der Waals surface area contributed by atoms with E-state index in [1.54, 1.807) is 0 Å². The molecule has 3 aliphatic rings. The summed E-state index contributed by atoms with van der Waals surface area (Å²) >= 11 is 0. The van der Waals surface area contributed by atoms with E-state index in [0.29, 0.717) is 11.5 Å². The second kappa shape index (κ2) is 3.72. The average Bonchev–Trinajstić information content (AvgIpc) is 2.15. The summed E-state index contributed by atoms with van der Waals surface area (Å²) in [5, 5.41) is 3.46. The Morgan fingerprint density at radius 3 is 2.47 bits per heavy atom. The van der Waals surface area contributed by atoms with Crippen molar-refractivity contribution in [3.63, 3.8) is 0 Å². The van der Waals surface area contributed by atoms with Crippen LogP contribution in [0.5, 0.6) is 0 Å². The molecule has 0 aromatic carbocycles. The molecule has 1 aliphatic carbocycles. The van der Waals surface area contributed by atoms with Gasteiger partial charge in [0.05, 0.1) is 6.10 Å². The third-order valence-corrected chi connectivity index (χ3v) is 4.66. The number of rotatable bonds is 2. The molecule has 3 heteroatoms. The second-order valence-corrected chi connectivity index (χ2v) is 5.64. The number of likely N-dealkylation sites (tertiary alicyclic amines) is 1. The minimum absolute atomic E-state index is 0.555. The van der Waals surface area contributed by atoms with Crippen LogP contribution in [0, 0.1) is 5.41 Å². The molecule has 0 amide bonds. The van der Waals surface area contributed by atoms with Gasteiger partial charge in [0, 0.05) is 26.2 Å². The normalized spacial score (nSPS) is 39.8. The maximum atomic E-state index is 5.34. The van der Waals surface area contributed by atoms with E-state index in [-0.39, 0.29) is 0 Å². The minimum atomic E-state index is 0.555. The van der Waals surface area contributed by atoms with Crippen molar-refractivity contribution in [1.82, 2.24) is 10.2 Å². The third-order valence-electron chi connectivity index (χ3n) is 4.66. The summed E-state index contributed by atoms with van der Waals surface area (Å²) in [4.78, 5) is 2.68. The van der Waals surface area contributed by atoms with Crippen molar-refractivity contribution in [3.8, 4) is 0 Å². The van der Waals surface area contributed by atoms with Gasteiger partial charge in [-0.2, -0.15) is 0 Å².